The van der Waals surface area contributed by atoms with Crippen molar-refractivity contribution in [2.24, 2.45) is 0 Å². The summed E-state index contributed by atoms with van der Waals surface area (Å²) in [5.41, 5.74) is 0. The van der Waals surface area contributed by atoms with Gasteiger partial charge in [-0.3, -0.25) is 9.59 Å². The van der Waals surface area contributed by atoms with Crippen LogP contribution in [0.15, 0.2) is 48.6 Å². The zero-order valence-corrected chi connectivity index (χ0v) is 36.3. The number of hydrogen-bond donors (Lipinski definition) is 3. The summed E-state index contributed by atoms with van der Waals surface area (Å²) in [7, 11) is 0. The van der Waals surface area contributed by atoms with Crippen LogP contribution in [0, 0.1) is 0 Å². The van der Waals surface area contributed by atoms with E-state index < -0.39 is 18.2 Å². The van der Waals surface area contributed by atoms with Gasteiger partial charge in [-0.05, 0) is 64.2 Å². The molecule has 0 aliphatic carbocycles. The molecule has 3 unspecified atom stereocenters. The van der Waals surface area contributed by atoms with E-state index in [1.165, 1.54) is 103 Å². The van der Waals surface area contributed by atoms with Gasteiger partial charge in [-0.15, -0.1) is 0 Å². The molecule has 1 amide bonds. The Morgan fingerprint density at radius 2 is 1.02 bits per heavy atom. The van der Waals surface area contributed by atoms with Crippen molar-refractivity contribution < 1.29 is 24.5 Å². The number of aliphatic hydroxyl groups is 2. The van der Waals surface area contributed by atoms with Gasteiger partial charge in [0.25, 0.3) is 0 Å². The first-order valence-electron chi connectivity index (χ1n) is 23.4. The van der Waals surface area contributed by atoms with Crippen LogP contribution >= 0.6 is 0 Å². The van der Waals surface area contributed by atoms with Crippen molar-refractivity contribution in [3.8, 4) is 0 Å². The summed E-state index contributed by atoms with van der Waals surface area (Å²) in [6.07, 6.45) is 50.3. The van der Waals surface area contributed by atoms with E-state index in [9.17, 15) is 19.8 Å². The molecule has 0 aliphatic rings. The summed E-state index contributed by atoms with van der Waals surface area (Å²) in [6, 6.07) is -0.712. The number of ether oxygens (including phenoxy) is 1. The predicted molar refractivity (Wildman–Crippen MR) is 236 cm³/mol. The predicted octanol–water partition coefficient (Wildman–Crippen LogP) is 13.5. The minimum Gasteiger partial charge on any atom is -0.462 e. The quantitative estimate of drug-likeness (QED) is 0.0249. The third kappa shape index (κ3) is 38.5. The normalized spacial score (nSPS) is 13.8. The summed E-state index contributed by atoms with van der Waals surface area (Å²) in [5.74, 6) is -0.521. The van der Waals surface area contributed by atoms with Gasteiger partial charge in [0.05, 0.1) is 25.2 Å². The molecule has 0 fully saturated rings. The van der Waals surface area contributed by atoms with E-state index >= 15 is 0 Å². The topological polar surface area (TPSA) is 95.9 Å². The Hall–Kier alpha value is -2.18. The number of allylic oxidation sites excluding steroid dienone is 8. The Balaban J connectivity index is 4.58. The van der Waals surface area contributed by atoms with E-state index in [0.717, 1.165) is 77.0 Å². The highest BCUT2D eigenvalue weighted by atomic mass is 16.5. The number of unbranched alkanes of at least 4 members (excludes halogenated alkanes) is 23. The highest BCUT2D eigenvalue weighted by Crippen LogP contribution is 2.17. The molecular weight excluding hydrogens is 683 g/mol. The fourth-order valence-corrected chi connectivity index (χ4v) is 6.88. The molecule has 320 valence electrons. The van der Waals surface area contributed by atoms with Gasteiger partial charge < -0.3 is 20.3 Å². The summed E-state index contributed by atoms with van der Waals surface area (Å²) in [4.78, 5) is 26.0. The van der Waals surface area contributed by atoms with Crippen molar-refractivity contribution in [2.75, 3.05) is 6.61 Å². The number of rotatable bonds is 41. The van der Waals surface area contributed by atoms with E-state index in [-0.39, 0.29) is 24.9 Å². The van der Waals surface area contributed by atoms with Crippen LogP contribution in [0.25, 0.3) is 0 Å². The number of amides is 1. The lowest BCUT2D eigenvalue weighted by atomic mass is 10.0. The molecule has 0 aromatic carbocycles. The molecule has 0 heterocycles. The fourth-order valence-electron chi connectivity index (χ4n) is 6.88. The monoisotopic (exact) mass is 772 g/mol. The van der Waals surface area contributed by atoms with Gasteiger partial charge in [0, 0.05) is 6.42 Å². The smallest absolute Gasteiger partial charge is 0.306 e. The number of hydrogen-bond acceptors (Lipinski definition) is 5. The van der Waals surface area contributed by atoms with Crippen LogP contribution < -0.4 is 5.32 Å². The minimum absolute atomic E-state index is 0.0512. The Labute approximate surface area is 340 Å². The number of nitrogens with one attached hydrogen (secondary N) is 1. The van der Waals surface area contributed by atoms with Crippen LogP contribution in [0.1, 0.15) is 226 Å². The van der Waals surface area contributed by atoms with Crippen molar-refractivity contribution >= 4 is 11.9 Å². The number of carbonyl (C=O) groups is 2. The first-order valence-corrected chi connectivity index (χ1v) is 23.4. The fraction of sp³-hybridized carbons (Fsp3) is 0.796. The minimum atomic E-state index is -0.796. The first kappa shape index (κ1) is 52.8. The molecule has 0 rings (SSSR count). The summed E-state index contributed by atoms with van der Waals surface area (Å²) in [5, 5.41) is 23.7. The van der Waals surface area contributed by atoms with Gasteiger partial charge in [-0.1, -0.05) is 198 Å². The molecule has 0 aliphatic heterocycles. The SMILES string of the molecule is CC/C=C/C=C/C=C\CCCCCC(CC(=O)NC(CO)C(O)CCCCCCCCCCCCCCCC)OC(=O)CCCCCCC/C=C\CCCC. The molecule has 0 radical (unpaired) electrons. The second kappa shape index (κ2) is 43.0. The zero-order valence-electron chi connectivity index (χ0n) is 36.3. The molecule has 3 atom stereocenters. The third-order valence-corrected chi connectivity index (χ3v) is 10.5. The lowest BCUT2D eigenvalue weighted by Crippen LogP contribution is -2.46. The van der Waals surface area contributed by atoms with Crippen molar-refractivity contribution in [1.29, 1.82) is 0 Å². The largest absolute Gasteiger partial charge is 0.462 e. The second-order valence-corrected chi connectivity index (χ2v) is 15.8. The highest BCUT2D eigenvalue weighted by Gasteiger charge is 2.24. The van der Waals surface area contributed by atoms with Gasteiger partial charge in [0.2, 0.25) is 5.91 Å². The van der Waals surface area contributed by atoms with Crippen molar-refractivity contribution in [3.63, 3.8) is 0 Å². The van der Waals surface area contributed by atoms with Gasteiger partial charge in [0.1, 0.15) is 6.10 Å². The lowest BCUT2D eigenvalue weighted by Gasteiger charge is -2.24. The molecule has 0 aromatic heterocycles. The average Bonchev–Trinajstić information content (AvgIpc) is 3.18. The van der Waals surface area contributed by atoms with Crippen LogP contribution in [0.5, 0.6) is 0 Å². The van der Waals surface area contributed by atoms with Gasteiger partial charge in [-0.2, -0.15) is 0 Å². The maximum absolute atomic E-state index is 13.1. The Kier molecular flexibility index (Phi) is 41.2. The zero-order chi connectivity index (χ0) is 40.3. The standard InChI is InChI=1S/C49H89NO5/c1-4-7-10-13-16-19-22-23-24-27-29-32-35-38-41-47(52)46(44-51)50-48(53)43-45(40-37-34-31-28-25-20-17-14-11-8-5-2)55-49(54)42-39-36-33-30-26-21-18-15-12-9-6-3/h8,11,14-15,17-18,20,25,45-47,51-52H,4-7,9-10,12-13,16,19,21-24,26-44H2,1-3H3,(H,50,53)/b11-8+,17-14+,18-15-,25-20-. The summed E-state index contributed by atoms with van der Waals surface area (Å²) >= 11 is 0. The van der Waals surface area contributed by atoms with Crippen LogP contribution in [0.2, 0.25) is 0 Å². The number of carbonyl (C=O) groups excluding carboxylic acids is 2. The van der Waals surface area contributed by atoms with E-state index in [4.69, 9.17) is 4.74 Å². The maximum atomic E-state index is 13.1. The Morgan fingerprint density at radius 1 is 0.545 bits per heavy atom. The van der Waals surface area contributed by atoms with Crippen LogP contribution in [-0.2, 0) is 14.3 Å². The van der Waals surface area contributed by atoms with Crippen LogP contribution in [0.4, 0.5) is 0 Å². The lowest BCUT2D eigenvalue weighted by molar-refractivity contribution is -0.151. The van der Waals surface area contributed by atoms with E-state index in [1.54, 1.807) is 0 Å². The molecule has 0 bridgehead atoms. The summed E-state index contributed by atoms with van der Waals surface area (Å²) in [6.45, 7) is 6.29. The molecule has 55 heavy (non-hydrogen) atoms. The Bertz CT molecular complexity index is 957. The van der Waals surface area contributed by atoms with Gasteiger partial charge in [0.15, 0.2) is 0 Å². The molecule has 6 nitrogen and oxygen atoms in total. The molecule has 0 spiro atoms. The van der Waals surface area contributed by atoms with Crippen molar-refractivity contribution in [1.82, 2.24) is 5.32 Å². The van der Waals surface area contributed by atoms with Crippen molar-refractivity contribution in [2.45, 2.75) is 244 Å². The molecule has 0 saturated carbocycles. The number of esters is 1. The maximum Gasteiger partial charge on any atom is 0.306 e. The van der Waals surface area contributed by atoms with Crippen LogP contribution in [0.3, 0.4) is 0 Å². The van der Waals surface area contributed by atoms with Crippen LogP contribution in [-0.4, -0.2) is 46.9 Å². The average molecular weight is 772 g/mol. The van der Waals surface area contributed by atoms with E-state index in [2.05, 4.69) is 62.5 Å². The molecule has 0 aromatic rings. The van der Waals surface area contributed by atoms with E-state index in [0.29, 0.717) is 19.3 Å². The van der Waals surface area contributed by atoms with E-state index in [1.807, 2.05) is 12.2 Å². The molecule has 0 saturated heterocycles. The Morgan fingerprint density at radius 3 is 1.60 bits per heavy atom. The van der Waals surface area contributed by atoms with Crippen molar-refractivity contribution in [3.05, 3.63) is 48.6 Å². The molecule has 3 N–H and O–H groups in total. The first-order chi connectivity index (χ1) is 27.0. The molecule has 6 heteroatoms. The number of aliphatic hydroxyl groups excluding tert-OH is 2. The second-order valence-electron chi connectivity index (χ2n) is 15.8. The summed E-state index contributed by atoms with van der Waals surface area (Å²) < 4.78 is 5.87. The highest BCUT2D eigenvalue weighted by molar-refractivity contribution is 5.77. The van der Waals surface area contributed by atoms with Gasteiger partial charge in [-0.25, -0.2) is 0 Å². The van der Waals surface area contributed by atoms with Gasteiger partial charge >= 0.3 is 5.97 Å². The molecular formula is C49H89NO5. The third-order valence-electron chi connectivity index (χ3n) is 10.5.